The van der Waals surface area contributed by atoms with Crippen molar-refractivity contribution in [1.29, 1.82) is 0 Å². The Kier molecular flexibility index (Phi) is 4.58. The number of hydrogen-bond acceptors (Lipinski definition) is 3. The quantitative estimate of drug-likeness (QED) is 0.868. The molecular formula is C15H20N2O2. The first-order valence-electron chi connectivity index (χ1n) is 6.68. The van der Waals surface area contributed by atoms with Crippen molar-refractivity contribution in [2.24, 2.45) is 0 Å². The number of para-hydroxylation sites is 1. The second-order valence-electron chi connectivity index (χ2n) is 4.35. The maximum Gasteiger partial charge on any atom is 0.142 e. The number of aryl methyl sites for hydroxylation is 1. The SMILES string of the molecule is CCCn1ccnc1C(O)c1ccccc1OCC. The Morgan fingerprint density at radius 3 is 2.84 bits per heavy atom. The molecule has 1 unspecified atom stereocenters. The minimum absolute atomic E-state index is 0.577. The van der Waals surface area contributed by atoms with Crippen LogP contribution < -0.4 is 4.74 Å². The van der Waals surface area contributed by atoms with Gasteiger partial charge in [-0.15, -0.1) is 0 Å². The lowest BCUT2D eigenvalue weighted by Gasteiger charge is -2.16. The van der Waals surface area contributed by atoms with Gasteiger partial charge in [0.2, 0.25) is 0 Å². The zero-order valence-electron chi connectivity index (χ0n) is 11.4. The van der Waals surface area contributed by atoms with Crippen LogP contribution in [0.3, 0.4) is 0 Å². The average molecular weight is 260 g/mol. The van der Waals surface area contributed by atoms with E-state index in [0.29, 0.717) is 18.2 Å². The second kappa shape index (κ2) is 6.38. The van der Waals surface area contributed by atoms with Crippen LogP contribution in [0.5, 0.6) is 5.75 Å². The van der Waals surface area contributed by atoms with E-state index < -0.39 is 6.10 Å². The molecule has 0 aliphatic heterocycles. The van der Waals surface area contributed by atoms with Crippen LogP contribution in [0.2, 0.25) is 0 Å². The van der Waals surface area contributed by atoms with Crippen LogP contribution in [0.1, 0.15) is 37.8 Å². The predicted molar refractivity (Wildman–Crippen MR) is 74.2 cm³/mol. The van der Waals surface area contributed by atoms with Gasteiger partial charge in [-0.3, -0.25) is 0 Å². The van der Waals surface area contributed by atoms with Gasteiger partial charge in [-0.2, -0.15) is 0 Å². The molecule has 0 saturated carbocycles. The molecule has 0 aliphatic carbocycles. The van der Waals surface area contributed by atoms with Gasteiger partial charge >= 0.3 is 0 Å². The molecule has 1 heterocycles. The number of ether oxygens (including phenoxy) is 1. The van der Waals surface area contributed by atoms with E-state index >= 15 is 0 Å². The van der Waals surface area contributed by atoms with Gasteiger partial charge < -0.3 is 14.4 Å². The minimum atomic E-state index is -0.760. The van der Waals surface area contributed by atoms with Crippen LogP contribution in [-0.2, 0) is 6.54 Å². The molecular weight excluding hydrogens is 240 g/mol. The fraction of sp³-hybridized carbons (Fsp3) is 0.400. The van der Waals surface area contributed by atoms with Crippen molar-refractivity contribution in [2.45, 2.75) is 32.9 Å². The standard InChI is InChI=1S/C15H20N2O2/c1-3-10-17-11-9-16-15(17)14(18)12-7-5-6-8-13(12)19-4-2/h5-9,11,14,18H,3-4,10H2,1-2H3. The third-order valence-electron chi connectivity index (χ3n) is 2.97. The summed E-state index contributed by atoms with van der Waals surface area (Å²) in [6.45, 7) is 5.46. The largest absolute Gasteiger partial charge is 0.493 e. The molecule has 0 fully saturated rings. The Morgan fingerprint density at radius 1 is 1.32 bits per heavy atom. The van der Waals surface area contributed by atoms with Crippen molar-refractivity contribution in [3.8, 4) is 5.75 Å². The normalized spacial score (nSPS) is 12.4. The number of aliphatic hydroxyl groups is 1. The highest BCUT2D eigenvalue weighted by molar-refractivity contribution is 5.37. The van der Waals surface area contributed by atoms with E-state index in [9.17, 15) is 5.11 Å². The highest BCUT2D eigenvalue weighted by Crippen LogP contribution is 2.29. The molecule has 102 valence electrons. The Labute approximate surface area is 113 Å². The van der Waals surface area contributed by atoms with Gasteiger partial charge in [0.05, 0.1) is 6.61 Å². The molecule has 4 heteroatoms. The van der Waals surface area contributed by atoms with E-state index in [0.717, 1.165) is 18.5 Å². The van der Waals surface area contributed by atoms with Crippen LogP contribution >= 0.6 is 0 Å². The molecule has 0 spiro atoms. The van der Waals surface area contributed by atoms with E-state index in [1.165, 1.54) is 0 Å². The van der Waals surface area contributed by atoms with E-state index in [4.69, 9.17) is 4.74 Å². The summed E-state index contributed by atoms with van der Waals surface area (Å²) in [6, 6.07) is 7.55. The minimum Gasteiger partial charge on any atom is -0.493 e. The van der Waals surface area contributed by atoms with E-state index in [-0.39, 0.29) is 0 Å². The smallest absolute Gasteiger partial charge is 0.142 e. The maximum atomic E-state index is 10.5. The monoisotopic (exact) mass is 260 g/mol. The van der Waals surface area contributed by atoms with Crippen LogP contribution in [0.15, 0.2) is 36.7 Å². The van der Waals surface area contributed by atoms with Crippen molar-refractivity contribution >= 4 is 0 Å². The molecule has 0 aliphatic rings. The molecule has 0 bridgehead atoms. The van der Waals surface area contributed by atoms with Gasteiger partial charge in [0.15, 0.2) is 0 Å². The van der Waals surface area contributed by atoms with Gasteiger partial charge in [-0.1, -0.05) is 25.1 Å². The third-order valence-corrected chi connectivity index (χ3v) is 2.97. The molecule has 0 saturated heterocycles. The van der Waals surface area contributed by atoms with E-state index in [1.54, 1.807) is 6.20 Å². The van der Waals surface area contributed by atoms with Crippen molar-refractivity contribution in [2.75, 3.05) is 6.61 Å². The third kappa shape index (κ3) is 2.96. The van der Waals surface area contributed by atoms with Gasteiger partial charge in [-0.25, -0.2) is 4.98 Å². The highest BCUT2D eigenvalue weighted by atomic mass is 16.5. The Balaban J connectivity index is 2.32. The summed E-state index contributed by atoms with van der Waals surface area (Å²) in [7, 11) is 0. The first-order chi connectivity index (χ1) is 9.27. The predicted octanol–water partition coefficient (Wildman–Crippen LogP) is 2.77. The van der Waals surface area contributed by atoms with Crippen molar-refractivity contribution < 1.29 is 9.84 Å². The van der Waals surface area contributed by atoms with Crippen LogP contribution in [-0.4, -0.2) is 21.3 Å². The lowest BCUT2D eigenvalue weighted by atomic mass is 10.1. The number of rotatable bonds is 6. The number of aromatic nitrogens is 2. The Bertz CT molecular complexity index is 522. The van der Waals surface area contributed by atoms with Crippen LogP contribution in [0.4, 0.5) is 0 Å². The molecule has 19 heavy (non-hydrogen) atoms. The number of nitrogens with zero attached hydrogens (tertiary/aromatic N) is 2. The number of aliphatic hydroxyl groups excluding tert-OH is 1. The van der Waals surface area contributed by atoms with Crippen molar-refractivity contribution in [3.05, 3.63) is 48.0 Å². The molecule has 1 aromatic carbocycles. The molecule has 1 atom stereocenters. The first-order valence-corrected chi connectivity index (χ1v) is 6.68. The maximum absolute atomic E-state index is 10.5. The zero-order chi connectivity index (χ0) is 13.7. The number of hydrogen-bond donors (Lipinski definition) is 1. The van der Waals surface area contributed by atoms with Gasteiger partial charge in [0, 0.05) is 24.5 Å². The Morgan fingerprint density at radius 2 is 2.11 bits per heavy atom. The average Bonchev–Trinajstić information content (AvgIpc) is 2.88. The molecule has 1 aromatic heterocycles. The summed E-state index contributed by atoms with van der Waals surface area (Å²) in [4.78, 5) is 4.27. The lowest BCUT2D eigenvalue weighted by molar-refractivity contribution is 0.197. The summed E-state index contributed by atoms with van der Waals surface area (Å²) in [5.41, 5.74) is 0.757. The number of benzene rings is 1. The van der Waals surface area contributed by atoms with Crippen LogP contribution in [0, 0.1) is 0 Å². The van der Waals surface area contributed by atoms with E-state index in [1.807, 2.05) is 42.0 Å². The highest BCUT2D eigenvalue weighted by Gasteiger charge is 2.19. The van der Waals surface area contributed by atoms with Crippen molar-refractivity contribution in [1.82, 2.24) is 9.55 Å². The molecule has 0 radical (unpaired) electrons. The number of imidazole rings is 1. The summed E-state index contributed by atoms with van der Waals surface area (Å²) in [5.74, 6) is 1.37. The summed E-state index contributed by atoms with van der Waals surface area (Å²) >= 11 is 0. The van der Waals surface area contributed by atoms with Crippen LogP contribution in [0.25, 0.3) is 0 Å². The van der Waals surface area contributed by atoms with E-state index in [2.05, 4.69) is 11.9 Å². The molecule has 4 nitrogen and oxygen atoms in total. The topological polar surface area (TPSA) is 47.3 Å². The summed E-state index contributed by atoms with van der Waals surface area (Å²) in [5, 5.41) is 10.5. The first kappa shape index (κ1) is 13.6. The van der Waals surface area contributed by atoms with Crippen molar-refractivity contribution in [3.63, 3.8) is 0 Å². The van der Waals surface area contributed by atoms with Gasteiger partial charge in [0.1, 0.15) is 17.7 Å². The fourth-order valence-corrected chi connectivity index (χ4v) is 2.13. The summed E-state index contributed by atoms with van der Waals surface area (Å²) in [6.07, 6.45) is 3.86. The van der Waals surface area contributed by atoms with Gasteiger partial charge in [0.25, 0.3) is 0 Å². The summed E-state index contributed by atoms with van der Waals surface area (Å²) < 4.78 is 7.54. The zero-order valence-corrected chi connectivity index (χ0v) is 11.4. The second-order valence-corrected chi connectivity index (χ2v) is 4.35. The molecule has 2 aromatic rings. The van der Waals surface area contributed by atoms with Gasteiger partial charge in [-0.05, 0) is 19.4 Å². The Hall–Kier alpha value is -1.81. The molecule has 1 N–H and O–H groups in total. The lowest BCUT2D eigenvalue weighted by Crippen LogP contribution is -2.11. The molecule has 2 rings (SSSR count). The fourth-order valence-electron chi connectivity index (χ4n) is 2.13. The molecule has 0 amide bonds.